The molecule has 0 saturated heterocycles. The number of aromatic nitrogens is 1. The van der Waals surface area contributed by atoms with E-state index in [9.17, 15) is 10.1 Å². The highest BCUT2D eigenvalue weighted by Crippen LogP contribution is 2.20. The molecule has 0 fully saturated rings. The van der Waals surface area contributed by atoms with Crippen molar-refractivity contribution in [1.29, 1.82) is 0 Å². The standard InChI is InChI=1S/C14H23N3O2/c1-4-6-12(15-7-5-2)9-13-14(17(18)19)8-11(3)10-16-13/h8,10,12,15H,4-7,9H2,1-3H3. The van der Waals surface area contributed by atoms with E-state index in [2.05, 4.69) is 24.1 Å². The van der Waals surface area contributed by atoms with E-state index in [4.69, 9.17) is 0 Å². The van der Waals surface area contributed by atoms with Crippen molar-refractivity contribution in [3.05, 3.63) is 33.6 Å². The molecule has 1 atom stereocenters. The van der Waals surface area contributed by atoms with Crippen LogP contribution in [0.25, 0.3) is 0 Å². The zero-order chi connectivity index (χ0) is 14.3. The van der Waals surface area contributed by atoms with E-state index in [0.29, 0.717) is 12.1 Å². The molecule has 5 heteroatoms. The normalized spacial score (nSPS) is 12.4. The Bertz CT molecular complexity index is 421. The third-order valence-corrected chi connectivity index (χ3v) is 3.04. The van der Waals surface area contributed by atoms with Gasteiger partial charge in [-0.15, -0.1) is 0 Å². The molecule has 1 rings (SSSR count). The van der Waals surface area contributed by atoms with Crippen molar-refractivity contribution in [3.63, 3.8) is 0 Å². The van der Waals surface area contributed by atoms with Crippen LogP contribution in [0.4, 0.5) is 5.69 Å². The van der Waals surface area contributed by atoms with E-state index in [1.807, 2.05) is 6.92 Å². The molecule has 0 amide bonds. The second kappa shape index (κ2) is 7.84. The Morgan fingerprint density at radius 1 is 1.42 bits per heavy atom. The summed E-state index contributed by atoms with van der Waals surface area (Å²) < 4.78 is 0. The van der Waals surface area contributed by atoms with Gasteiger partial charge in [0.05, 0.1) is 4.92 Å². The minimum absolute atomic E-state index is 0.138. The number of nitrogens with one attached hydrogen (secondary N) is 1. The lowest BCUT2D eigenvalue weighted by Gasteiger charge is -2.17. The zero-order valence-electron chi connectivity index (χ0n) is 12.0. The maximum absolute atomic E-state index is 11.1. The average molecular weight is 265 g/mol. The third-order valence-electron chi connectivity index (χ3n) is 3.04. The molecule has 1 aromatic heterocycles. The monoisotopic (exact) mass is 265 g/mol. The van der Waals surface area contributed by atoms with Crippen molar-refractivity contribution in [2.45, 2.75) is 52.5 Å². The molecule has 0 saturated carbocycles. The van der Waals surface area contributed by atoms with Crippen molar-refractivity contribution < 1.29 is 4.92 Å². The lowest BCUT2D eigenvalue weighted by molar-refractivity contribution is -0.386. The molecule has 0 bridgehead atoms. The van der Waals surface area contributed by atoms with Gasteiger partial charge in [0.2, 0.25) is 0 Å². The van der Waals surface area contributed by atoms with E-state index >= 15 is 0 Å². The molecule has 0 aliphatic heterocycles. The molecule has 1 unspecified atom stereocenters. The van der Waals surface area contributed by atoms with Crippen LogP contribution in [0.5, 0.6) is 0 Å². The van der Waals surface area contributed by atoms with Crippen molar-refractivity contribution in [2.75, 3.05) is 6.54 Å². The number of aryl methyl sites for hydroxylation is 1. The summed E-state index contributed by atoms with van der Waals surface area (Å²) in [7, 11) is 0. The summed E-state index contributed by atoms with van der Waals surface area (Å²) in [6, 6.07) is 1.87. The highest BCUT2D eigenvalue weighted by molar-refractivity contribution is 5.38. The van der Waals surface area contributed by atoms with Gasteiger partial charge < -0.3 is 5.32 Å². The number of hydrogen-bond acceptors (Lipinski definition) is 4. The van der Waals surface area contributed by atoms with Gasteiger partial charge in [-0.2, -0.15) is 0 Å². The Balaban J connectivity index is 2.85. The van der Waals surface area contributed by atoms with Gasteiger partial charge in [0.1, 0.15) is 5.69 Å². The van der Waals surface area contributed by atoms with Crippen molar-refractivity contribution in [3.8, 4) is 0 Å². The molecular weight excluding hydrogens is 242 g/mol. The van der Waals surface area contributed by atoms with Gasteiger partial charge >= 0.3 is 0 Å². The van der Waals surface area contributed by atoms with E-state index in [0.717, 1.165) is 31.4 Å². The minimum Gasteiger partial charge on any atom is -0.314 e. The number of hydrogen-bond donors (Lipinski definition) is 1. The molecule has 0 aromatic carbocycles. The van der Waals surface area contributed by atoms with E-state index in [1.54, 1.807) is 12.3 Å². The Morgan fingerprint density at radius 2 is 2.16 bits per heavy atom. The average Bonchev–Trinajstić information content (AvgIpc) is 2.38. The molecule has 0 aliphatic rings. The third kappa shape index (κ3) is 4.95. The number of nitrogens with zero attached hydrogens (tertiary/aromatic N) is 2. The van der Waals surface area contributed by atoms with E-state index in [1.165, 1.54) is 0 Å². The summed E-state index contributed by atoms with van der Waals surface area (Å²) in [4.78, 5) is 15.0. The first-order valence-electron chi connectivity index (χ1n) is 6.91. The maximum atomic E-state index is 11.1. The van der Waals surface area contributed by atoms with Crippen molar-refractivity contribution >= 4 is 5.69 Å². The van der Waals surface area contributed by atoms with Gasteiger partial charge in [0.15, 0.2) is 0 Å². The van der Waals surface area contributed by atoms with Crippen LogP contribution in [-0.2, 0) is 6.42 Å². The van der Waals surface area contributed by atoms with Gasteiger partial charge in [-0.25, -0.2) is 0 Å². The van der Waals surface area contributed by atoms with Crippen LogP contribution in [0.1, 0.15) is 44.4 Å². The Morgan fingerprint density at radius 3 is 2.74 bits per heavy atom. The molecule has 0 radical (unpaired) electrons. The van der Waals surface area contributed by atoms with E-state index < -0.39 is 0 Å². The maximum Gasteiger partial charge on any atom is 0.291 e. The summed E-state index contributed by atoms with van der Waals surface area (Å²) in [5.41, 5.74) is 1.54. The smallest absolute Gasteiger partial charge is 0.291 e. The van der Waals surface area contributed by atoms with Crippen molar-refractivity contribution in [2.24, 2.45) is 0 Å². The Labute approximate surface area is 114 Å². The molecule has 5 nitrogen and oxygen atoms in total. The molecule has 0 spiro atoms. The minimum atomic E-state index is -0.335. The second-order valence-corrected chi connectivity index (χ2v) is 4.88. The molecular formula is C14H23N3O2. The first-order valence-corrected chi connectivity index (χ1v) is 6.91. The fourth-order valence-electron chi connectivity index (χ4n) is 2.10. The largest absolute Gasteiger partial charge is 0.314 e. The molecule has 19 heavy (non-hydrogen) atoms. The summed E-state index contributed by atoms with van der Waals surface area (Å²) in [6.07, 6.45) is 5.44. The molecule has 1 N–H and O–H groups in total. The SMILES string of the molecule is CCCNC(CCC)Cc1ncc(C)cc1[N+](=O)[O-]. The van der Waals surface area contributed by atoms with E-state index in [-0.39, 0.29) is 16.7 Å². The molecule has 106 valence electrons. The summed E-state index contributed by atoms with van der Waals surface area (Å²) in [5, 5.41) is 14.5. The molecule has 1 aromatic rings. The van der Waals surface area contributed by atoms with Crippen LogP contribution in [0.3, 0.4) is 0 Å². The quantitative estimate of drug-likeness (QED) is 0.579. The predicted molar refractivity (Wildman–Crippen MR) is 76.3 cm³/mol. The number of rotatable bonds is 8. The predicted octanol–water partition coefficient (Wildman–Crippen LogP) is 3.01. The lowest BCUT2D eigenvalue weighted by atomic mass is 10.0. The van der Waals surface area contributed by atoms with Gasteiger partial charge in [-0.3, -0.25) is 15.1 Å². The summed E-state index contributed by atoms with van der Waals surface area (Å²) >= 11 is 0. The molecule has 1 heterocycles. The fourth-order valence-corrected chi connectivity index (χ4v) is 2.10. The fraction of sp³-hybridized carbons (Fsp3) is 0.643. The highest BCUT2D eigenvalue weighted by Gasteiger charge is 2.19. The van der Waals surface area contributed by atoms with Gasteiger partial charge in [0.25, 0.3) is 5.69 Å². The van der Waals surface area contributed by atoms with Crippen LogP contribution < -0.4 is 5.32 Å². The van der Waals surface area contributed by atoms with Crippen LogP contribution in [0.2, 0.25) is 0 Å². The van der Waals surface area contributed by atoms with Gasteiger partial charge in [-0.05, 0) is 31.9 Å². The number of nitro groups is 1. The second-order valence-electron chi connectivity index (χ2n) is 4.88. The molecule has 0 aliphatic carbocycles. The highest BCUT2D eigenvalue weighted by atomic mass is 16.6. The Hall–Kier alpha value is -1.49. The summed E-state index contributed by atoms with van der Waals surface area (Å²) in [5.74, 6) is 0. The van der Waals surface area contributed by atoms with Crippen LogP contribution in [-0.4, -0.2) is 22.5 Å². The van der Waals surface area contributed by atoms with Crippen LogP contribution in [0.15, 0.2) is 12.3 Å². The first kappa shape index (κ1) is 15.6. The Kier molecular flexibility index (Phi) is 6.42. The zero-order valence-corrected chi connectivity index (χ0v) is 12.0. The number of pyridine rings is 1. The van der Waals surface area contributed by atoms with Gasteiger partial charge in [0, 0.05) is 24.7 Å². The lowest BCUT2D eigenvalue weighted by Crippen LogP contribution is -2.32. The van der Waals surface area contributed by atoms with Crippen LogP contribution in [0, 0.1) is 17.0 Å². The summed E-state index contributed by atoms with van der Waals surface area (Å²) in [6.45, 7) is 6.99. The van der Waals surface area contributed by atoms with Gasteiger partial charge in [-0.1, -0.05) is 20.3 Å². The van der Waals surface area contributed by atoms with Crippen molar-refractivity contribution in [1.82, 2.24) is 10.3 Å². The first-order chi connectivity index (χ1) is 9.08. The van der Waals surface area contributed by atoms with Crippen LogP contribution >= 0.6 is 0 Å². The topological polar surface area (TPSA) is 68.1 Å².